The third-order valence-electron chi connectivity index (χ3n) is 3.44. The SMILES string of the molecule is Cc1cc(C(=O)Nc2ccccc2C(C)(C)C)ccc1O. The number of carbonyl (C=O) groups excluding carboxylic acids is 1. The van der Waals surface area contributed by atoms with Crippen LogP contribution in [-0.4, -0.2) is 11.0 Å². The highest BCUT2D eigenvalue weighted by molar-refractivity contribution is 6.05. The standard InChI is InChI=1S/C18H21NO2/c1-12-11-13(9-10-16(12)20)17(21)19-15-8-6-5-7-14(15)18(2,3)4/h5-11,20H,1-4H3,(H,19,21). The van der Waals surface area contributed by atoms with Gasteiger partial charge in [0.25, 0.3) is 5.91 Å². The quantitative estimate of drug-likeness (QED) is 0.865. The van der Waals surface area contributed by atoms with E-state index in [4.69, 9.17) is 0 Å². The van der Waals surface area contributed by atoms with Crippen molar-refractivity contribution < 1.29 is 9.90 Å². The molecule has 0 aromatic heterocycles. The number of aromatic hydroxyl groups is 1. The molecule has 3 heteroatoms. The first-order valence-electron chi connectivity index (χ1n) is 6.99. The van der Waals surface area contributed by atoms with E-state index in [1.54, 1.807) is 25.1 Å². The maximum atomic E-state index is 12.4. The van der Waals surface area contributed by atoms with Gasteiger partial charge in [0, 0.05) is 11.3 Å². The van der Waals surface area contributed by atoms with Crippen LogP contribution in [0, 0.1) is 6.92 Å². The number of benzene rings is 2. The van der Waals surface area contributed by atoms with Crippen molar-refractivity contribution in [2.24, 2.45) is 0 Å². The molecule has 0 radical (unpaired) electrons. The van der Waals surface area contributed by atoms with E-state index in [9.17, 15) is 9.90 Å². The van der Waals surface area contributed by atoms with E-state index in [2.05, 4.69) is 26.1 Å². The Balaban J connectivity index is 2.30. The van der Waals surface area contributed by atoms with Gasteiger partial charge in [-0.2, -0.15) is 0 Å². The molecule has 3 nitrogen and oxygen atoms in total. The summed E-state index contributed by atoms with van der Waals surface area (Å²) in [5.41, 5.74) is 3.09. The van der Waals surface area contributed by atoms with Crippen LogP contribution in [0.2, 0.25) is 0 Å². The third-order valence-corrected chi connectivity index (χ3v) is 3.44. The number of carbonyl (C=O) groups is 1. The number of phenolic OH excluding ortho intramolecular Hbond substituents is 1. The smallest absolute Gasteiger partial charge is 0.255 e. The molecule has 0 aliphatic heterocycles. The molecule has 0 fully saturated rings. The number of nitrogens with one attached hydrogen (secondary N) is 1. The van der Waals surface area contributed by atoms with Crippen molar-refractivity contribution in [1.82, 2.24) is 0 Å². The fourth-order valence-corrected chi connectivity index (χ4v) is 2.24. The average Bonchev–Trinajstić information content (AvgIpc) is 2.41. The van der Waals surface area contributed by atoms with Crippen molar-refractivity contribution in [2.75, 3.05) is 5.32 Å². The van der Waals surface area contributed by atoms with Crippen molar-refractivity contribution in [2.45, 2.75) is 33.1 Å². The van der Waals surface area contributed by atoms with Crippen LogP contribution in [0.3, 0.4) is 0 Å². The molecule has 0 aliphatic rings. The Labute approximate surface area is 125 Å². The van der Waals surface area contributed by atoms with Crippen molar-refractivity contribution >= 4 is 11.6 Å². The number of hydrogen-bond acceptors (Lipinski definition) is 2. The molecule has 2 aromatic rings. The molecule has 0 spiro atoms. The molecule has 0 bridgehead atoms. The molecule has 1 amide bonds. The Morgan fingerprint density at radius 3 is 2.38 bits per heavy atom. The van der Waals surface area contributed by atoms with Crippen LogP contribution in [0.25, 0.3) is 0 Å². The van der Waals surface area contributed by atoms with E-state index in [-0.39, 0.29) is 17.1 Å². The molecule has 0 unspecified atom stereocenters. The Kier molecular flexibility index (Phi) is 4.03. The van der Waals surface area contributed by atoms with Gasteiger partial charge in [-0.15, -0.1) is 0 Å². The largest absolute Gasteiger partial charge is 0.508 e. The fraction of sp³-hybridized carbons (Fsp3) is 0.278. The van der Waals surface area contributed by atoms with Gasteiger partial charge in [-0.25, -0.2) is 0 Å². The lowest BCUT2D eigenvalue weighted by Crippen LogP contribution is -2.18. The molecule has 110 valence electrons. The van der Waals surface area contributed by atoms with Crippen molar-refractivity contribution in [3.8, 4) is 5.75 Å². The summed E-state index contributed by atoms with van der Waals surface area (Å²) in [4.78, 5) is 12.4. The predicted molar refractivity (Wildman–Crippen MR) is 85.9 cm³/mol. The molecule has 2 aromatic carbocycles. The van der Waals surface area contributed by atoms with E-state index >= 15 is 0 Å². The second-order valence-corrected chi connectivity index (χ2v) is 6.25. The lowest BCUT2D eigenvalue weighted by Gasteiger charge is -2.23. The van der Waals surface area contributed by atoms with E-state index in [1.807, 2.05) is 24.3 Å². The molecule has 0 heterocycles. The Bertz CT molecular complexity index is 669. The van der Waals surface area contributed by atoms with Crippen LogP contribution in [-0.2, 0) is 5.41 Å². The minimum absolute atomic E-state index is 0.0469. The van der Waals surface area contributed by atoms with Crippen molar-refractivity contribution in [3.63, 3.8) is 0 Å². The summed E-state index contributed by atoms with van der Waals surface area (Å²) >= 11 is 0. The summed E-state index contributed by atoms with van der Waals surface area (Å²) in [5.74, 6) is 0.0245. The third kappa shape index (κ3) is 3.43. The second-order valence-electron chi connectivity index (χ2n) is 6.25. The van der Waals surface area contributed by atoms with E-state index in [0.717, 1.165) is 11.3 Å². The van der Waals surface area contributed by atoms with Gasteiger partial charge in [0.15, 0.2) is 0 Å². The second kappa shape index (κ2) is 5.60. The van der Waals surface area contributed by atoms with Gasteiger partial charge in [-0.1, -0.05) is 39.0 Å². The minimum atomic E-state index is -0.171. The molecule has 0 atom stereocenters. The first-order chi connectivity index (χ1) is 9.79. The van der Waals surface area contributed by atoms with Gasteiger partial charge >= 0.3 is 0 Å². The number of anilines is 1. The molecule has 21 heavy (non-hydrogen) atoms. The molecule has 0 saturated carbocycles. The fourth-order valence-electron chi connectivity index (χ4n) is 2.24. The summed E-state index contributed by atoms with van der Waals surface area (Å²) in [5, 5.41) is 12.5. The van der Waals surface area contributed by atoms with E-state index < -0.39 is 0 Å². The molecule has 2 rings (SSSR count). The maximum Gasteiger partial charge on any atom is 0.255 e. The van der Waals surface area contributed by atoms with E-state index in [0.29, 0.717) is 11.1 Å². The van der Waals surface area contributed by atoms with Crippen LogP contribution in [0.5, 0.6) is 5.75 Å². The lowest BCUT2D eigenvalue weighted by molar-refractivity contribution is 0.102. The highest BCUT2D eigenvalue weighted by Gasteiger charge is 2.19. The molecule has 2 N–H and O–H groups in total. The number of para-hydroxylation sites is 1. The Morgan fingerprint density at radius 2 is 1.76 bits per heavy atom. The minimum Gasteiger partial charge on any atom is -0.508 e. The van der Waals surface area contributed by atoms with Crippen LogP contribution in [0.4, 0.5) is 5.69 Å². The summed E-state index contributed by atoms with van der Waals surface area (Å²) in [6, 6.07) is 12.7. The predicted octanol–water partition coefficient (Wildman–Crippen LogP) is 4.25. The van der Waals surface area contributed by atoms with E-state index in [1.165, 1.54) is 0 Å². The van der Waals surface area contributed by atoms with Crippen LogP contribution < -0.4 is 5.32 Å². The number of amides is 1. The highest BCUT2D eigenvalue weighted by atomic mass is 16.3. The van der Waals surface area contributed by atoms with Crippen molar-refractivity contribution in [3.05, 3.63) is 59.2 Å². The molecular weight excluding hydrogens is 262 g/mol. The van der Waals surface area contributed by atoms with Gasteiger partial charge in [-0.05, 0) is 47.7 Å². The molecule has 0 aliphatic carbocycles. The Hall–Kier alpha value is -2.29. The van der Waals surface area contributed by atoms with Gasteiger partial charge < -0.3 is 10.4 Å². The summed E-state index contributed by atoms with van der Waals surface area (Å²) in [6.45, 7) is 8.11. The van der Waals surface area contributed by atoms with Gasteiger partial charge in [0.2, 0.25) is 0 Å². The summed E-state index contributed by atoms with van der Waals surface area (Å²) in [6.07, 6.45) is 0. The lowest BCUT2D eigenvalue weighted by atomic mass is 9.86. The zero-order valence-corrected chi connectivity index (χ0v) is 12.9. The number of hydrogen-bond donors (Lipinski definition) is 2. The molecular formula is C18H21NO2. The van der Waals surface area contributed by atoms with Gasteiger partial charge in [-0.3, -0.25) is 4.79 Å². The average molecular weight is 283 g/mol. The first kappa shape index (κ1) is 15.1. The van der Waals surface area contributed by atoms with Crippen LogP contribution in [0.1, 0.15) is 42.3 Å². The monoisotopic (exact) mass is 283 g/mol. The maximum absolute atomic E-state index is 12.4. The normalized spacial score (nSPS) is 11.2. The topological polar surface area (TPSA) is 49.3 Å². The zero-order valence-electron chi connectivity index (χ0n) is 12.9. The zero-order chi connectivity index (χ0) is 15.6. The Morgan fingerprint density at radius 1 is 1.10 bits per heavy atom. The molecule has 0 saturated heterocycles. The number of aryl methyl sites for hydroxylation is 1. The number of phenols is 1. The highest BCUT2D eigenvalue weighted by Crippen LogP contribution is 2.29. The summed E-state index contributed by atoms with van der Waals surface area (Å²) < 4.78 is 0. The van der Waals surface area contributed by atoms with Crippen LogP contribution >= 0.6 is 0 Å². The van der Waals surface area contributed by atoms with Gasteiger partial charge in [0.1, 0.15) is 5.75 Å². The van der Waals surface area contributed by atoms with Crippen molar-refractivity contribution in [1.29, 1.82) is 0 Å². The summed E-state index contributed by atoms with van der Waals surface area (Å²) in [7, 11) is 0. The first-order valence-corrected chi connectivity index (χ1v) is 6.99. The van der Waals surface area contributed by atoms with Gasteiger partial charge in [0.05, 0.1) is 0 Å². The number of rotatable bonds is 2. The van der Waals surface area contributed by atoms with Crippen LogP contribution in [0.15, 0.2) is 42.5 Å².